The number of hydrogen-bond donors (Lipinski definition) is 1. The number of nitrogens with zero attached hydrogens (tertiary/aromatic N) is 4. The lowest BCUT2D eigenvalue weighted by atomic mass is 10.2. The van der Waals surface area contributed by atoms with Crippen LogP contribution in [0.25, 0.3) is 0 Å². The molecule has 0 saturated carbocycles. The molecule has 0 bridgehead atoms. The van der Waals surface area contributed by atoms with Crippen LogP contribution in [0.15, 0.2) is 6.20 Å². The summed E-state index contributed by atoms with van der Waals surface area (Å²) >= 11 is 0. The van der Waals surface area contributed by atoms with Crippen molar-refractivity contribution in [2.45, 2.75) is 19.0 Å². The molecule has 0 spiro atoms. The van der Waals surface area contributed by atoms with Crippen molar-refractivity contribution in [3.63, 3.8) is 0 Å². The predicted molar refractivity (Wildman–Crippen MR) is 65.4 cm³/mol. The van der Waals surface area contributed by atoms with E-state index in [1.807, 2.05) is 6.92 Å². The van der Waals surface area contributed by atoms with E-state index in [1.54, 1.807) is 29.9 Å². The first-order chi connectivity index (χ1) is 8.63. The zero-order valence-corrected chi connectivity index (χ0v) is 11.0. The minimum absolute atomic E-state index is 0.0121. The highest BCUT2D eigenvalue weighted by Gasteiger charge is 2.24. The van der Waals surface area contributed by atoms with E-state index in [2.05, 4.69) is 15.6 Å². The van der Waals surface area contributed by atoms with E-state index in [0.717, 1.165) is 13.1 Å². The summed E-state index contributed by atoms with van der Waals surface area (Å²) in [4.78, 5) is 13.8. The maximum Gasteiger partial charge on any atom is 0.276 e. The van der Waals surface area contributed by atoms with Crippen LogP contribution >= 0.6 is 0 Å². The van der Waals surface area contributed by atoms with Gasteiger partial charge in [-0.25, -0.2) is 4.68 Å². The average molecular weight is 253 g/mol. The molecular formula is C11H19N5O2. The van der Waals surface area contributed by atoms with Crippen molar-refractivity contribution in [1.82, 2.24) is 25.2 Å². The number of carbonyl (C=O) groups excluding carboxylic acids is 1. The van der Waals surface area contributed by atoms with Crippen LogP contribution in [0, 0.1) is 0 Å². The number of methoxy groups -OCH3 is 1. The fraction of sp³-hybridized carbons (Fsp3) is 0.727. The summed E-state index contributed by atoms with van der Waals surface area (Å²) in [5.74, 6) is -0.127. The van der Waals surface area contributed by atoms with Crippen molar-refractivity contribution in [2.24, 2.45) is 0 Å². The van der Waals surface area contributed by atoms with Crippen LogP contribution in [0.3, 0.4) is 0 Å². The van der Waals surface area contributed by atoms with Crippen molar-refractivity contribution in [3.8, 4) is 0 Å². The normalized spacial score (nSPS) is 17.3. The van der Waals surface area contributed by atoms with Gasteiger partial charge in [0.2, 0.25) is 0 Å². The van der Waals surface area contributed by atoms with E-state index in [4.69, 9.17) is 4.74 Å². The molecule has 2 rings (SSSR count). The first-order valence-electron chi connectivity index (χ1n) is 6.02. The van der Waals surface area contributed by atoms with Crippen LogP contribution in [-0.4, -0.2) is 65.7 Å². The van der Waals surface area contributed by atoms with Gasteiger partial charge in [0, 0.05) is 27.2 Å². The molecule has 18 heavy (non-hydrogen) atoms. The summed E-state index contributed by atoms with van der Waals surface area (Å²) < 4.78 is 6.79. The molecule has 0 aromatic carbocycles. The second-order valence-corrected chi connectivity index (χ2v) is 4.62. The monoisotopic (exact) mass is 253 g/mol. The van der Waals surface area contributed by atoms with Crippen LogP contribution in [0.2, 0.25) is 0 Å². The zero-order chi connectivity index (χ0) is 13.1. The summed E-state index contributed by atoms with van der Waals surface area (Å²) in [6.07, 6.45) is 1.71. The van der Waals surface area contributed by atoms with Gasteiger partial charge in [0.05, 0.1) is 24.9 Å². The lowest BCUT2D eigenvalue weighted by Crippen LogP contribution is -2.43. The Hall–Kier alpha value is -1.47. The Bertz CT molecular complexity index is 415. The number of hydrogen-bond acceptors (Lipinski definition) is 5. The molecule has 1 aromatic heterocycles. The molecule has 1 aliphatic heterocycles. The van der Waals surface area contributed by atoms with E-state index in [9.17, 15) is 4.79 Å². The SMILES string of the molecule is COCC(C)N(C)C(=O)c1cn(C2CNC2)nn1. The van der Waals surface area contributed by atoms with E-state index in [-0.39, 0.29) is 11.9 Å². The third-order valence-corrected chi connectivity index (χ3v) is 3.25. The van der Waals surface area contributed by atoms with Crippen LogP contribution in [0.1, 0.15) is 23.5 Å². The Labute approximate surface area is 106 Å². The topological polar surface area (TPSA) is 72.3 Å². The molecule has 2 heterocycles. The largest absolute Gasteiger partial charge is 0.383 e. The van der Waals surface area contributed by atoms with Crippen molar-refractivity contribution < 1.29 is 9.53 Å². The van der Waals surface area contributed by atoms with Gasteiger partial charge in [0.15, 0.2) is 5.69 Å². The minimum atomic E-state index is -0.127. The number of nitrogens with one attached hydrogen (secondary N) is 1. The summed E-state index contributed by atoms with van der Waals surface area (Å²) in [6.45, 7) is 4.20. The van der Waals surface area contributed by atoms with Gasteiger partial charge < -0.3 is 15.0 Å². The van der Waals surface area contributed by atoms with E-state index >= 15 is 0 Å². The van der Waals surface area contributed by atoms with E-state index in [1.165, 1.54) is 0 Å². The third kappa shape index (κ3) is 2.51. The maximum absolute atomic E-state index is 12.1. The Balaban J connectivity index is 2.01. The molecule has 0 aliphatic carbocycles. The quantitative estimate of drug-likeness (QED) is 0.768. The molecule has 1 aliphatic rings. The zero-order valence-electron chi connectivity index (χ0n) is 11.0. The van der Waals surface area contributed by atoms with Crippen LogP contribution < -0.4 is 5.32 Å². The number of carbonyl (C=O) groups is 1. The smallest absolute Gasteiger partial charge is 0.276 e. The van der Waals surface area contributed by atoms with Gasteiger partial charge in [-0.2, -0.15) is 0 Å². The standard InChI is InChI=1S/C11H19N5O2/c1-8(7-18-3)15(2)11(17)10-6-16(14-13-10)9-4-12-5-9/h6,8-9,12H,4-5,7H2,1-3H3. The van der Waals surface area contributed by atoms with Crippen molar-refractivity contribution in [2.75, 3.05) is 33.9 Å². The average Bonchev–Trinajstić information content (AvgIpc) is 2.74. The second-order valence-electron chi connectivity index (χ2n) is 4.62. The number of amides is 1. The van der Waals surface area contributed by atoms with Gasteiger partial charge in [0.1, 0.15) is 0 Å². The van der Waals surface area contributed by atoms with E-state index in [0.29, 0.717) is 18.3 Å². The lowest BCUT2D eigenvalue weighted by molar-refractivity contribution is 0.0628. The lowest BCUT2D eigenvalue weighted by Gasteiger charge is -2.26. The Morgan fingerprint density at radius 2 is 2.44 bits per heavy atom. The summed E-state index contributed by atoms with van der Waals surface area (Å²) in [5.41, 5.74) is 0.382. The first-order valence-corrected chi connectivity index (χ1v) is 6.02. The predicted octanol–water partition coefficient (Wildman–Crippen LogP) is -0.471. The van der Waals surface area contributed by atoms with Crippen molar-refractivity contribution in [1.29, 1.82) is 0 Å². The molecule has 1 N–H and O–H groups in total. The molecule has 7 heteroatoms. The first kappa shape index (κ1) is 13.0. The Morgan fingerprint density at radius 1 is 1.72 bits per heavy atom. The number of rotatable bonds is 5. The van der Waals surface area contributed by atoms with Crippen LogP contribution in [-0.2, 0) is 4.74 Å². The highest BCUT2D eigenvalue weighted by molar-refractivity contribution is 5.91. The second kappa shape index (κ2) is 5.45. The summed E-state index contributed by atoms with van der Waals surface area (Å²) in [6, 6.07) is 0.332. The highest BCUT2D eigenvalue weighted by atomic mass is 16.5. The molecule has 1 amide bonds. The number of aromatic nitrogens is 3. The molecule has 1 fully saturated rings. The number of ether oxygens (including phenoxy) is 1. The third-order valence-electron chi connectivity index (χ3n) is 3.25. The summed E-state index contributed by atoms with van der Waals surface area (Å²) in [7, 11) is 3.37. The van der Waals surface area contributed by atoms with Crippen molar-refractivity contribution >= 4 is 5.91 Å². The maximum atomic E-state index is 12.1. The van der Waals surface area contributed by atoms with Gasteiger partial charge in [-0.3, -0.25) is 4.79 Å². The fourth-order valence-electron chi connectivity index (χ4n) is 1.75. The molecule has 1 unspecified atom stereocenters. The van der Waals surface area contributed by atoms with Crippen LogP contribution in [0.4, 0.5) is 0 Å². The van der Waals surface area contributed by atoms with Gasteiger partial charge in [-0.15, -0.1) is 5.10 Å². The van der Waals surface area contributed by atoms with Gasteiger partial charge in [-0.1, -0.05) is 5.21 Å². The summed E-state index contributed by atoms with van der Waals surface area (Å²) in [5, 5.41) is 11.1. The Kier molecular flexibility index (Phi) is 3.93. The van der Waals surface area contributed by atoms with Crippen molar-refractivity contribution in [3.05, 3.63) is 11.9 Å². The number of likely N-dealkylation sites (N-methyl/N-ethyl adjacent to an activating group) is 1. The van der Waals surface area contributed by atoms with E-state index < -0.39 is 0 Å². The fourth-order valence-corrected chi connectivity index (χ4v) is 1.75. The van der Waals surface area contributed by atoms with Crippen LogP contribution in [0.5, 0.6) is 0 Å². The Morgan fingerprint density at radius 3 is 3.00 bits per heavy atom. The van der Waals surface area contributed by atoms with Gasteiger partial charge in [-0.05, 0) is 6.92 Å². The van der Waals surface area contributed by atoms with Gasteiger partial charge in [0.25, 0.3) is 5.91 Å². The molecular weight excluding hydrogens is 234 g/mol. The molecule has 1 atom stereocenters. The molecule has 100 valence electrons. The molecule has 1 saturated heterocycles. The molecule has 0 radical (unpaired) electrons. The highest BCUT2D eigenvalue weighted by Crippen LogP contribution is 2.11. The minimum Gasteiger partial charge on any atom is -0.383 e. The molecule has 7 nitrogen and oxygen atoms in total. The molecule has 1 aromatic rings. The van der Waals surface area contributed by atoms with Gasteiger partial charge >= 0.3 is 0 Å².